The van der Waals surface area contributed by atoms with Gasteiger partial charge in [0, 0.05) is 12.4 Å². The molecule has 0 heterocycles. The average molecular weight is 359 g/mol. The Kier molecular flexibility index (Phi) is 7.34. The largest absolute Gasteiger partial charge is 0.319 e. The monoisotopic (exact) mass is 358 g/mol. The Bertz CT molecular complexity index is 567. The molecule has 1 saturated carbocycles. The van der Waals surface area contributed by atoms with Crippen LogP contribution in [-0.4, -0.2) is 28.6 Å². The van der Waals surface area contributed by atoms with E-state index in [9.17, 15) is 8.42 Å². The summed E-state index contributed by atoms with van der Waals surface area (Å²) in [4.78, 5) is 0.309. The average Bonchev–Trinajstić information content (AvgIpc) is 2.57. The number of benzene rings is 1. The molecule has 2 N–H and O–H groups in total. The highest BCUT2D eigenvalue weighted by atomic mass is 35.5. The fourth-order valence-electron chi connectivity index (χ4n) is 3.25. The Morgan fingerprint density at radius 1 is 1.09 bits per heavy atom. The number of nitrogens with one attached hydrogen (secondary N) is 2. The number of rotatable bonds is 8. The molecule has 1 fully saturated rings. The fourth-order valence-corrected chi connectivity index (χ4v) is 4.48. The van der Waals surface area contributed by atoms with Gasteiger partial charge in [0.1, 0.15) is 0 Å². The first-order valence-electron chi connectivity index (χ1n) is 8.34. The first-order valence-corrected chi connectivity index (χ1v) is 10.4. The van der Waals surface area contributed by atoms with Gasteiger partial charge in [0.2, 0.25) is 10.0 Å². The SMILES string of the molecule is CNCC1CCC(CCNS(=O)(=O)c2ccc(CCl)cc2)CC1. The van der Waals surface area contributed by atoms with Crippen LogP contribution in [0.5, 0.6) is 0 Å². The lowest BCUT2D eigenvalue weighted by Gasteiger charge is -2.28. The summed E-state index contributed by atoms with van der Waals surface area (Å²) in [5.74, 6) is 1.82. The van der Waals surface area contributed by atoms with Crippen LogP contribution in [0.15, 0.2) is 29.2 Å². The highest BCUT2D eigenvalue weighted by molar-refractivity contribution is 7.89. The highest BCUT2D eigenvalue weighted by Gasteiger charge is 2.21. The van der Waals surface area contributed by atoms with Crippen LogP contribution in [0.25, 0.3) is 0 Å². The van der Waals surface area contributed by atoms with Crippen molar-refractivity contribution in [2.75, 3.05) is 20.1 Å². The maximum Gasteiger partial charge on any atom is 0.240 e. The predicted octanol–water partition coefficient (Wildman–Crippen LogP) is 3.12. The minimum Gasteiger partial charge on any atom is -0.319 e. The van der Waals surface area contributed by atoms with Crippen LogP contribution in [-0.2, 0) is 15.9 Å². The van der Waals surface area contributed by atoms with E-state index in [-0.39, 0.29) is 0 Å². The second-order valence-electron chi connectivity index (χ2n) is 6.41. The topological polar surface area (TPSA) is 58.2 Å². The number of alkyl halides is 1. The molecule has 6 heteroatoms. The molecular weight excluding hydrogens is 332 g/mol. The van der Waals surface area contributed by atoms with Gasteiger partial charge in [0.25, 0.3) is 0 Å². The summed E-state index contributed by atoms with van der Waals surface area (Å²) in [6, 6.07) is 6.74. The minimum atomic E-state index is -3.41. The van der Waals surface area contributed by atoms with Crippen LogP contribution in [0.3, 0.4) is 0 Å². The van der Waals surface area contributed by atoms with Gasteiger partial charge in [-0.25, -0.2) is 13.1 Å². The molecule has 130 valence electrons. The van der Waals surface area contributed by atoms with Gasteiger partial charge in [-0.05, 0) is 62.4 Å². The Hall–Kier alpha value is -0.620. The first kappa shape index (κ1) is 18.7. The summed E-state index contributed by atoms with van der Waals surface area (Å²) in [5.41, 5.74) is 0.920. The Labute approximate surface area is 145 Å². The summed E-state index contributed by atoms with van der Waals surface area (Å²) in [5, 5.41) is 3.24. The summed E-state index contributed by atoms with van der Waals surface area (Å²) in [6.07, 6.45) is 5.83. The van der Waals surface area contributed by atoms with Gasteiger partial charge in [-0.1, -0.05) is 25.0 Å². The van der Waals surface area contributed by atoms with Crippen molar-refractivity contribution in [3.63, 3.8) is 0 Å². The van der Waals surface area contributed by atoms with Gasteiger partial charge in [-0.2, -0.15) is 0 Å². The van der Waals surface area contributed by atoms with Crippen molar-refractivity contribution in [3.05, 3.63) is 29.8 Å². The van der Waals surface area contributed by atoms with Crippen molar-refractivity contribution in [1.82, 2.24) is 10.0 Å². The maximum atomic E-state index is 12.3. The van der Waals surface area contributed by atoms with Crippen molar-refractivity contribution in [1.29, 1.82) is 0 Å². The lowest BCUT2D eigenvalue weighted by molar-refractivity contribution is 0.261. The standard InChI is InChI=1S/C17H27ClN2O2S/c1-19-13-16-4-2-14(3-5-16)10-11-20-23(21,22)17-8-6-15(12-18)7-9-17/h6-9,14,16,19-20H,2-5,10-13H2,1H3. The van der Waals surface area contributed by atoms with Crippen molar-refractivity contribution in [2.45, 2.75) is 42.9 Å². The molecule has 2 rings (SSSR count). The van der Waals surface area contributed by atoms with E-state index in [1.54, 1.807) is 24.3 Å². The molecule has 1 aliphatic rings. The third-order valence-electron chi connectivity index (χ3n) is 4.69. The number of sulfonamides is 1. The highest BCUT2D eigenvalue weighted by Crippen LogP contribution is 2.30. The molecule has 0 saturated heterocycles. The molecule has 0 aromatic heterocycles. The summed E-state index contributed by atoms with van der Waals surface area (Å²) in [7, 11) is -1.41. The lowest BCUT2D eigenvalue weighted by Crippen LogP contribution is -2.28. The van der Waals surface area contributed by atoms with Gasteiger partial charge in [-0.15, -0.1) is 11.6 Å². The number of hydrogen-bond acceptors (Lipinski definition) is 3. The first-order chi connectivity index (χ1) is 11.0. The van der Waals surface area contributed by atoms with E-state index >= 15 is 0 Å². The molecule has 23 heavy (non-hydrogen) atoms. The van der Waals surface area contributed by atoms with Crippen molar-refractivity contribution in [2.24, 2.45) is 11.8 Å². The molecule has 1 aliphatic carbocycles. The third-order valence-corrected chi connectivity index (χ3v) is 6.48. The number of hydrogen-bond donors (Lipinski definition) is 2. The zero-order valence-electron chi connectivity index (χ0n) is 13.7. The number of halogens is 1. The smallest absolute Gasteiger partial charge is 0.240 e. The van der Waals surface area contributed by atoms with Gasteiger partial charge < -0.3 is 5.32 Å². The van der Waals surface area contributed by atoms with Crippen LogP contribution >= 0.6 is 11.6 Å². The van der Waals surface area contributed by atoms with Gasteiger partial charge in [-0.3, -0.25) is 0 Å². The molecule has 0 spiro atoms. The summed E-state index contributed by atoms with van der Waals surface area (Å²) >= 11 is 5.72. The molecule has 0 aliphatic heterocycles. The quantitative estimate of drug-likeness (QED) is 0.702. The Balaban J connectivity index is 1.76. The van der Waals surface area contributed by atoms with E-state index < -0.39 is 10.0 Å². The molecular formula is C17H27ClN2O2S. The van der Waals surface area contributed by atoms with Crippen LogP contribution in [0.1, 0.15) is 37.7 Å². The van der Waals surface area contributed by atoms with Gasteiger partial charge >= 0.3 is 0 Å². The molecule has 0 bridgehead atoms. The Morgan fingerprint density at radius 3 is 2.26 bits per heavy atom. The molecule has 0 radical (unpaired) electrons. The zero-order valence-corrected chi connectivity index (χ0v) is 15.3. The summed E-state index contributed by atoms with van der Waals surface area (Å²) in [6.45, 7) is 1.61. The minimum absolute atomic E-state index is 0.309. The zero-order chi connectivity index (χ0) is 16.7. The second kappa shape index (κ2) is 9.02. The van der Waals surface area contributed by atoms with E-state index in [2.05, 4.69) is 10.0 Å². The third kappa shape index (κ3) is 5.75. The van der Waals surface area contributed by atoms with Crippen LogP contribution in [0.4, 0.5) is 0 Å². The fraction of sp³-hybridized carbons (Fsp3) is 0.647. The van der Waals surface area contributed by atoms with Crippen molar-refractivity contribution >= 4 is 21.6 Å². The van der Waals surface area contributed by atoms with Gasteiger partial charge in [0.15, 0.2) is 0 Å². The van der Waals surface area contributed by atoms with Crippen LogP contribution < -0.4 is 10.0 Å². The maximum absolute atomic E-state index is 12.3. The van der Waals surface area contributed by atoms with E-state index in [4.69, 9.17) is 11.6 Å². The summed E-state index contributed by atoms with van der Waals surface area (Å²) < 4.78 is 27.2. The van der Waals surface area contributed by atoms with Crippen molar-refractivity contribution in [3.8, 4) is 0 Å². The van der Waals surface area contributed by atoms with E-state index in [1.165, 1.54) is 25.7 Å². The van der Waals surface area contributed by atoms with Crippen LogP contribution in [0, 0.1) is 11.8 Å². The predicted molar refractivity (Wildman–Crippen MR) is 95.2 cm³/mol. The molecule has 0 unspecified atom stereocenters. The van der Waals surface area contributed by atoms with Gasteiger partial charge in [0.05, 0.1) is 4.90 Å². The molecule has 0 amide bonds. The van der Waals surface area contributed by atoms with E-state index in [0.29, 0.717) is 23.2 Å². The molecule has 0 atom stereocenters. The molecule has 4 nitrogen and oxygen atoms in total. The second-order valence-corrected chi connectivity index (χ2v) is 8.44. The van der Waals surface area contributed by atoms with Crippen molar-refractivity contribution < 1.29 is 8.42 Å². The Morgan fingerprint density at radius 2 is 1.70 bits per heavy atom. The van der Waals surface area contributed by atoms with Crippen LogP contribution in [0.2, 0.25) is 0 Å². The normalized spacial score (nSPS) is 22.2. The van der Waals surface area contributed by atoms with E-state index in [0.717, 1.165) is 24.4 Å². The lowest BCUT2D eigenvalue weighted by atomic mass is 9.80. The molecule has 1 aromatic rings. The molecule has 1 aromatic carbocycles. The van der Waals surface area contributed by atoms with E-state index in [1.807, 2.05) is 7.05 Å².